The van der Waals surface area contributed by atoms with Gasteiger partial charge >= 0.3 is 5.97 Å². The first-order valence-electron chi connectivity index (χ1n) is 5.24. The van der Waals surface area contributed by atoms with E-state index in [4.69, 9.17) is 28.3 Å². The minimum absolute atomic E-state index is 0.0762. The van der Waals surface area contributed by atoms with Crippen LogP contribution < -0.4 is 0 Å². The Hall–Kier alpha value is -0.730. The average molecular weight is 259 g/mol. The molecule has 0 spiro atoms. The molecule has 2 rings (SSSR count). The summed E-state index contributed by atoms with van der Waals surface area (Å²) in [6.07, 6.45) is 2.39. The third kappa shape index (κ3) is 2.69. The molecule has 0 radical (unpaired) electrons. The lowest BCUT2D eigenvalue weighted by Crippen LogP contribution is -2.08. The number of halogens is 2. The normalized spacial score (nSPS) is 17.1. The van der Waals surface area contributed by atoms with Crippen molar-refractivity contribution in [3.63, 3.8) is 0 Å². The number of rotatable bonds is 4. The van der Waals surface area contributed by atoms with Gasteiger partial charge in [0.05, 0.1) is 16.5 Å². The molecule has 0 amide bonds. The van der Waals surface area contributed by atoms with E-state index in [1.165, 1.54) is 0 Å². The highest BCUT2D eigenvalue weighted by molar-refractivity contribution is 6.42. The van der Waals surface area contributed by atoms with Gasteiger partial charge in [-0.15, -0.1) is 0 Å². The molecule has 1 fully saturated rings. The summed E-state index contributed by atoms with van der Waals surface area (Å²) >= 11 is 11.8. The summed E-state index contributed by atoms with van der Waals surface area (Å²) in [4.78, 5) is 10.8. The van der Waals surface area contributed by atoms with E-state index in [0.29, 0.717) is 16.0 Å². The fourth-order valence-corrected chi connectivity index (χ4v) is 2.29. The highest BCUT2D eigenvalue weighted by Gasteiger charge is 2.33. The first-order chi connectivity index (χ1) is 7.58. The molecule has 0 bridgehead atoms. The molecule has 1 aromatic rings. The molecule has 16 heavy (non-hydrogen) atoms. The maximum absolute atomic E-state index is 10.8. The third-order valence-electron chi connectivity index (χ3n) is 2.96. The largest absolute Gasteiger partial charge is 0.481 e. The maximum Gasteiger partial charge on any atom is 0.303 e. The molecule has 0 heterocycles. The summed E-state index contributed by atoms with van der Waals surface area (Å²) in [5, 5.41) is 9.89. The zero-order chi connectivity index (χ0) is 11.7. The van der Waals surface area contributed by atoms with E-state index in [1.807, 2.05) is 6.07 Å². The molecule has 0 aromatic heterocycles. The van der Waals surface area contributed by atoms with Crippen LogP contribution in [0.4, 0.5) is 0 Å². The summed E-state index contributed by atoms with van der Waals surface area (Å²) in [5.74, 6) is -0.191. The van der Waals surface area contributed by atoms with Gasteiger partial charge in [-0.2, -0.15) is 0 Å². The van der Waals surface area contributed by atoms with E-state index >= 15 is 0 Å². The lowest BCUT2D eigenvalue weighted by atomic mass is 9.91. The number of aliphatic carboxylic acids is 1. The van der Waals surface area contributed by atoms with Crippen LogP contribution in [0.5, 0.6) is 0 Å². The Morgan fingerprint density at radius 2 is 2.06 bits per heavy atom. The fourth-order valence-electron chi connectivity index (χ4n) is 1.99. The van der Waals surface area contributed by atoms with E-state index in [9.17, 15) is 4.79 Å². The molecule has 0 saturated heterocycles. The van der Waals surface area contributed by atoms with Crippen LogP contribution in [0.15, 0.2) is 18.2 Å². The monoisotopic (exact) mass is 258 g/mol. The molecule has 1 saturated carbocycles. The van der Waals surface area contributed by atoms with Gasteiger partial charge in [-0.1, -0.05) is 29.3 Å². The zero-order valence-electron chi connectivity index (χ0n) is 8.62. The SMILES string of the molecule is O=C(O)CC(c1ccc(Cl)c(Cl)c1)C1CC1. The van der Waals surface area contributed by atoms with Gasteiger partial charge in [-0.3, -0.25) is 4.79 Å². The van der Waals surface area contributed by atoms with Crippen LogP contribution in [-0.2, 0) is 4.79 Å². The van der Waals surface area contributed by atoms with Crippen molar-refractivity contribution in [1.82, 2.24) is 0 Å². The number of benzene rings is 1. The number of hydrogen-bond acceptors (Lipinski definition) is 1. The summed E-state index contributed by atoms with van der Waals surface area (Å²) in [6.45, 7) is 0. The Balaban J connectivity index is 2.24. The predicted molar refractivity (Wildman–Crippen MR) is 64.2 cm³/mol. The smallest absolute Gasteiger partial charge is 0.303 e. The molecule has 2 nitrogen and oxygen atoms in total. The van der Waals surface area contributed by atoms with Gasteiger partial charge in [0.15, 0.2) is 0 Å². The summed E-state index contributed by atoms with van der Waals surface area (Å²) in [5.41, 5.74) is 0.985. The van der Waals surface area contributed by atoms with Crippen molar-refractivity contribution >= 4 is 29.2 Å². The van der Waals surface area contributed by atoms with Gasteiger partial charge in [0.25, 0.3) is 0 Å². The van der Waals surface area contributed by atoms with Crippen LogP contribution in [0.25, 0.3) is 0 Å². The quantitative estimate of drug-likeness (QED) is 0.888. The van der Waals surface area contributed by atoms with E-state index in [-0.39, 0.29) is 12.3 Å². The second-order valence-corrected chi connectivity index (χ2v) is 5.03. The summed E-state index contributed by atoms with van der Waals surface area (Å²) in [7, 11) is 0. The first-order valence-corrected chi connectivity index (χ1v) is 6.00. The first kappa shape index (κ1) is 11.7. The van der Waals surface area contributed by atoms with Crippen molar-refractivity contribution in [3.8, 4) is 0 Å². The van der Waals surface area contributed by atoms with Gasteiger partial charge in [0, 0.05) is 0 Å². The molecule has 86 valence electrons. The standard InChI is InChI=1S/C12H12Cl2O2/c13-10-4-3-8(5-11(10)14)9(6-12(15)16)7-1-2-7/h3-5,7,9H,1-2,6H2,(H,15,16). The summed E-state index contributed by atoms with van der Waals surface area (Å²) in [6, 6.07) is 5.40. The van der Waals surface area contributed by atoms with Crippen molar-refractivity contribution in [2.24, 2.45) is 5.92 Å². The Morgan fingerprint density at radius 3 is 2.56 bits per heavy atom. The van der Waals surface area contributed by atoms with Crippen LogP contribution >= 0.6 is 23.2 Å². The fraction of sp³-hybridized carbons (Fsp3) is 0.417. The predicted octanol–water partition coefficient (Wildman–Crippen LogP) is 3.96. The van der Waals surface area contributed by atoms with Crippen LogP contribution in [0, 0.1) is 5.92 Å². The van der Waals surface area contributed by atoms with Gasteiger partial charge in [0.1, 0.15) is 0 Å². The second kappa shape index (κ2) is 4.64. The molecule has 0 aliphatic heterocycles. The van der Waals surface area contributed by atoms with Gasteiger partial charge in [-0.05, 0) is 42.4 Å². The maximum atomic E-state index is 10.8. The number of carboxylic acid groups (broad SMARTS) is 1. The van der Waals surface area contributed by atoms with E-state index in [0.717, 1.165) is 18.4 Å². The Morgan fingerprint density at radius 1 is 1.38 bits per heavy atom. The molecule has 1 unspecified atom stereocenters. The Labute approximate surface area is 104 Å². The molecule has 1 aliphatic carbocycles. The van der Waals surface area contributed by atoms with E-state index < -0.39 is 5.97 Å². The average Bonchev–Trinajstić information content (AvgIpc) is 3.02. The lowest BCUT2D eigenvalue weighted by molar-refractivity contribution is -0.137. The van der Waals surface area contributed by atoms with Crippen LogP contribution in [0.2, 0.25) is 10.0 Å². The van der Waals surface area contributed by atoms with E-state index in [2.05, 4.69) is 0 Å². The van der Waals surface area contributed by atoms with Crippen molar-refractivity contribution in [2.75, 3.05) is 0 Å². The molecule has 1 aliphatic rings. The second-order valence-electron chi connectivity index (χ2n) is 4.22. The number of carbonyl (C=O) groups is 1. The van der Waals surface area contributed by atoms with Crippen molar-refractivity contribution < 1.29 is 9.90 Å². The molecule has 1 aromatic carbocycles. The van der Waals surface area contributed by atoms with Gasteiger partial charge in [-0.25, -0.2) is 0 Å². The molecule has 1 N–H and O–H groups in total. The van der Waals surface area contributed by atoms with Crippen LogP contribution in [-0.4, -0.2) is 11.1 Å². The minimum Gasteiger partial charge on any atom is -0.481 e. The lowest BCUT2D eigenvalue weighted by Gasteiger charge is -2.14. The van der Waals surface area contributed by atoms with Crippen LogP contribution in [0.1, 0.15) is 30.7 Å². The topological polar surface area (TPSA) is 37.3 Å². The van der Waals surface area contributed by atoms with Crippen molar-refractivity contribution in [3.05, 3.63) is 33.8 Å². The summed E-state index contributed by atoms with van der Waals surface area (Å²) < 4.78 is 0. The highest BCUT2D eigenvalue weighted by Crippen LogP contribution is 2.45. The third-order valence-corrected chi connectivity index (χ3v) is 3.70. The van der Waals surface area contributed by atoms with Gasteiger partial charge in [0.2, 0.25) is 0 Å². The Bertz CT molecular complexity index is 413. The van der Waals surface area contributed by atoms with Crippen LogP contribution in [0.3, 0.4) is 0 Å². The molecule has 4 heteroatoms. The molecular weight excluding hydrogens is 247 g/mol. The van der Waals surface area contributed by atoms with E-state index in [1.54, 1.807) is 12.1 Å². The number of hydrogen-bond donors (Lipinski definition) is 1. The molecule has 1 atom stereocenters. The molecular formula is C12H12Cl2O2. The minimum atomic E-state index is -0.761. The van der Waals surface area contributed by atoms with Gasteiger partial charge < -0.3 is 5.11 Å². The zero-order valence-corrected chi connectivity index (χ0v) is 10.1. The van der Waals surface area contributed by atoms with Crippen molar-refractivity contribution in [2.45, 2.75) is 25.2 Å². The highest BCUT2D eigenvalue weighted by atomic mass is 35.5. The number of carboxylic acids is 1. The van der Waals surface area contributed by atoms with Crippen molar-refractivity contribution in [1.29, 1.82) is 0 Å². The Kier molecular flexibility index (Phi) is 3.41.